The van der Waals surface area contributed by atoms with Gasteiger partial charge in [-0.3, -0.25) is 4.99 Å². The first-order valence-electron chi connectivity index (χ1n) is 8.42. The van der Waals surface area contributed by atoms with Gasteiger partial charge in [-0.1, -0.05) is 19.1 Å². The zero-order valence-electron chi connectivity index (χ0n) is 15.2. The zero-order chi connectivity index (χ0) is 16.7. The molecule has 1 fully saturated rings. The van der Waals surface area contributed by atoms with E-state index in [1.165, 1.54) is 12.0 Å². The Labute approximate surface area is 163 Å². The molecule has 136 valence electrons. The molecule has 1 aliphatic carbocycles. The molecule has 1 aliphatic rings. The SMILES string of the molecule is CN=C(NCc1ccc(OCCCN(C)C)cc1)NC1CC1C.I. The van der Waals surface area contributed by atoms with E-state index >= 15 is 0 Å². The lowest BCUT2D eigenvalue weighted by Gasteiger charge is -2.12. The molecule has 0 radical (unpaired) electrons. The normalized spacial score (nSPS) is 19.6. The largest absolute Gasteiger partial charge is 0.494 e. The van der Waals surface area contributed by atoms with Gasteiger partial charge in [-0.05, 0) is 50.6 Å². The second-order valence-corrected chi connectivity index (χ2v) is 6.54. The standard InChI is InChI=1S/C18H30N4O.HI/c1-14-12-17(14)21-18(19-2)20-13-15-6-8-16(9-7-15)23-11-5-10-22(3)4;/h6-9,14,17H,5,10-13H2,1-4H3,(H2,19,20,21);1H. The molecule has 0 bridgehead atoms. The van der Waals surface area contributed by atoms with E-state index in [1.807, 2.05) is 19.2 Å². The van der Waals surface area contributed by atoms with Crippen LogP contribution in [0, 0.1) is 5.92 Å². The molecule has 0 aliphatic heterocycles. The highest BCUT2D eigenvalue weighted by atomic mass is 127. The van der Waals surface area contributed by atoms with Gasteiger partial charge in [0.25, 0.3) is 0 Å². The topological polar surface area (TPSA) is 48.9 Å². The Balaban J connectivity index is 0.00000288. The summed E-state index contributed by atoms with van der Waals surface area (Å²) in [6.45, 7) is 4.82. The molecule has 1 saturated carbocycles. The van der Waals surface area contributed by atoms with Crippen molar-refractivity contribution in [2.75, 3.05) is 34.3 Å². The van der Waals surface area contributed by atoms with E-state index in [2.05, 4.69) is 53.7 Å². The van der Waals surface area contributed by atoms with Gasteiger partial charge in [-0.25, -0.2) is 0 Å². The second-order valence-electron chi connectivity index (χ2n) is 6.54. The molecule has 1 aromatic carbocycles. The van der Waals surface area contributed by atoms with Crippen molar-refractivity contribution >= 4 is 29.9 Å². The number of rotatable bonds is 8. The number of halogens is 1. The minimum Gasteiger partial charge on any atom is -0.494 e. The van der Waals surface area contributed by atoms with Crippen molar-refractivity contribution in [3.63, 3.8) is 0 Å². The zero-order valence-corrected chi connectivity index (χ0v) is 17.5. The third-order valence-electron chi connectivity index (χ3n) is 4.06. The quantitative estimate of drug-likeness (QED) is 0.279. The number of hydrogen-bond acceptors (Lipinski definition) is 3. The molecular formula is C18H31IN4O. The fraction of sp³-hybridized carbons (Fsp3) is 0.611. The molecule has 1 aromatic rings. The van der Waals surface area contributed by atoms with E-state index in [1.54, 1.807) is 0 Å². The molecule has 2 atom stereocenters. The minimum absolute atomic E-state index is 0. The Hall–Kier alpha value is -1.02. The summed E-state index contributed by atoms with van der Waals surface area (Å²) in [6, 6.07) is 8.85. The van der Waals surface area contributed by atoms with Crippen LogP contribution in [0.5, 0.6) is 5.75 Å². The van der Waals surface area contributed by atoms with Gasteiger partial charge >= 0.3 is 0 Å². The lowest BCUT2D eigenvalue weighted by Crippen LogP contribution is -2.38. The fourth-order valence-electron chi connectivity index (χ4n) is 2.35. The monoisotopic (exact) mass is 446 g/mol. The van der Waals surface area contributed by atoms with E-state index in [0.29, 0.717) is 6.04 Å². The van der Waals surface area contributed by atoms with Crippen LogP contribution >= 0.6 is 24.0 Å². The van der Waals surface area contributed by atoms with Crippen LogP contribution in [0.15, 0.2) is 29.3 Å². The molecule has 2 rings (SSSR count). The first kappa shape index (κ1) is 21.0. The third-order valence-corrected chi connectivity index (χ3v) is 4.06. The average molecular weight is 446 g/mol. The maximum absolute atomic E-state index is 5.75. The molecule has 2 unspecified atom stereocenters. The summed E-state index contributed by atoms with van der Waals surface area (Å²) < 4.78 is 5.75. The summed E-state index contributed by atoms with van der Waals surface area (Å²) in [6.07, 6.45) is 2.28. The van der Waals surface area contributed by atoms with Crippen molar-refractivity contribution in [2.24, 2.45) is 10.9 Å². The lowest BCUT2D eigenvalue weighted by atomic mass is 10.2. The molecule has 5 nitrogen and oxygen atoms in total. The van der Waals surface area contributed by atoms with Crippen LogP contribution in [0.2, 0.25) is 0 Å². The van der Waals surface area contributed by atoms with Crippen molar-refractivity contribution in [1.29, 1.82) is 0 Å². The minimum atomic E-state index is 0. The predicted molar refractivity (Wildman–Crippen MR) is 111 cm³/mol. The van der Waals surface area contributed by atoms with Gasteiger partial charge in [0, 0.05) is 26.2 Å². The van der Waals surface area contributed by atoms with Gasteiger partial charge in [0.05, 0.1) is 6.61 Å². The van der Waals surface area contributed by atoms with Crippen LogP contribution in [0.1, 0.15) is 25.3 Å². The number of nitrogens with one attached hydrogen (secondary N) is 2. The van der Waals surface area contributed by atoms with Crippen LogP contribution in [-0.4, -0.2) is 51.2 Å². The number of guanidine groups is 1. The van der Waals surface area contributed by atoms with Crippen LogP contribution in [0.3, 0.4) is 0 Å². The van der Waals surface area contributed by atoms with Gasteiger partial charge in [-0.15, -0.1) is 24.0 Å². The van der Waals surface area contributed by atoms with Crippen molar-refractivity contribution in [3.05, 3.63) is 29.8 Å². The van der Waals surface area contributed by atoms with Crippen molar-refractivity contribution in [2.45, 2.75) is 32.4 Å². The molecule has 0 spiro atoms. The maximum atomic E-state index is 5.75. The van der Waals surface area contributed by atoms with Crippen molar-refractivity contribution in [3.8, 4) is 5.75 Å². The summed E-state index contributed by atoms with van der Waals surface area (Å²) in [7, 11) is 5.97. The number of benzene rings is 1. The van der Waals surface area contributed by atoms with E-state index < -0.39 is 0 Å². The summed E-state index contributed by atoms with van der Waals surface area (Å²) in [5.41, 5.74) is 1.22. The van der Waals surface area contributed by atoms with Crippen molar-refractivity contribution in [1.82, 2.24) is 15.5 Å². The summed E-state index contributed by atoms with van der Waals surface area (Å²) in [4.78, 5) is 6.43. The first-order valence-corrected chi connectivity index (χ1v) is 8.42. The molecular weight excluding hydrogens is 415 g/mol. The molecule has 0 saturated heterocycles. The van der Waals surface area contributed by atoms with Crippen LogP contribution in [-0.2, 0) is 6.54 Å². The molecule has 0 amide bonds. The Bertz CT molecular complexity index is 504. The van der Waals surface area contributed by atoms with E-state index in [0.717, 1.165) is 43.7 Å². The van der Waals surface area contributed by atoms with Crippen molar-refractivity contribution < 1.29 is 4.74 Å². The molecule has 6 heteroatoms. The molecule has 24 heavy (non-hydrogen) atoms. The van der Waals surface area contributed by atoms with Crippen LogP contribution in [0.4, 0.5) is 0 Å². The van der Waals surface area contributed by atoms with E-state index in [9.17, 15) is 0 Å². The van der Waals surface area contributed by atoms with Gasteiger partial charge in [0.15, 0.2) is 5.96 Å². The Kier molecular flexibility index (Phi) is 9.43. The molecule has 0 aromatic heterocycles. The van der Waals surface area contributed by atoms with Gasteiger partial charge in [0.2, 0.25) is 0 Å². The second kappa shape index (κ2) is 10.8. The summed E-state index contributed by atoms with van der Waals surface area (Å²) in [5.74, 6) is 2.57. The lowest BCUT2D eigenvalue weighted by molar-refractivity contribution is 0.281. The third kappa shape index (κ3) is 7.70. The summed E-state index contributed by atoms with van der Waals surface area (Å²) in [5, 5.41) is 6.78. The predicted octanol–water partition coefficient (Wildman–Crippen LogP) is 2.71. The van der Waals surface area contributed by atoms with Gasteiger partial charge < -0.3 is 20.3 Å². The highest BCUT2D eigenvalue weighted by molar-refractivity contribution is 14.0. The fourth-order valence-corrected chi connectivity index (χ4v) is 2.35. The van der Waals surface area contributed by atoms with Crippen LogP contribution in [0.25, 0.3) is 0 Å². The summed E-state index contributed by atoms with van der Waals surface area (Å²) >= 11 is 0. The maximum Gasteiger partial charge on any atom is 0.191 e. The van der Waals surface area contributed by atoms with E-state index in [-0.39, 0.29) is 24.0 Å². The number of hydrogen-bond donors (Lipinski definition) is 2. The number of ether oxygens (including phenoxy) is 1. The smallest absolute Gasteiger partial charge is 0.191 e. The molecule has 0 heterocycles. The highest BCUT2D eigenvalue weighted by Crippen LogP contribution is 2.28. The highest BCUT2D eigenvalue weighted by Gasteiger charge is 2.33. The number of nitrogens with zero attached hydrogens (tertiary/aromatic N) is 2. The molecule has 2 N–H and O–H groups in total. The Morgan fingerprint density at radius 2 is 1.96 bits per heavy atom. The Morgan fingerprint density at radius 3 is 2.50 bits per heavy atom. The van der Waals surface area contributed by atoms with E-state index in [4.69, 9.17) is 4.74 Å². The van der Waals surface area contributed by atoms with Gasteiger partial charge in [0.1, 0.15) is 5.75 Å². The van der Waals surface area contributed by atoms with Crippen LogP contribution < -0.4 is 15.4 Å². The Morgan fingerprint density at radius 1 is 1.29 bits per heavy atom. The van der Waals surface area contributed by atoms with Gasteiger partial charge in [-0.2, -0.15) is 0 Å². The number of aliphatic imine (C=N–C) groups is 1. The average Bonchev–Trinajstić information content (AvgIpc) is 3.24. The first-order chi connectivity index (χ1) is 11.1.